The van der Waals surface area contributed by atoms with Crippen molar-refractivity contribution < 1.29 is 23.5 Å². The Balaban J connectivity index is 1.52. The van der Waals surface area contributed by atoms with Crippen LogP contribution in [0.5, 0.6) is 5.75 Å². The lowest BCUT2D eigenvalue weighted by Gasteiger charge is -2.45. The molecule has 2 fully saturated rings. The van der Waals surface area contributed by atoms with Crippen LogP contribution in [-0.2, 0) is 13.1 Å². The standard InChI is InChI=1S/C24H26F2N4O4/c1-13-7-8-27-19-12-28-11-17(21(31)22(32)20(28)24(34)30(13)19)23(33)29(16-3-2-4-16)10-14-5-6-15(25)9-18(14)26/h5-6,9,11,13,16,19,27,32H,2-4,7-8,10,12H2,1H3. The maximum absolute atomic E-state index is 14.3. The van der Waals surface area contributed by atoms with E-state index in [0.717, 1.165) is 31.5 Å². The molecule has 1 aliphatic carbocycles. The highest BCUT2D eigenvalue weighted by Gasteiger charge is 2.41. The average molecular weight is 472 g/mol. The second-order valence-electron chi connectivity index (χ2n) is 9.30. The number of amides is 2. The molecule has 2 aromatic rings. The lowest BCUT2D eigenvalue weighted by molar-refractivity contribution is 0.0300. The number of benzene rings is 1. The molecule has 1 aromatic heterocycles. The van der Waals surface area contributed by atoms with Crippen molar-refractivity contribution in [3.05, 3.63) is 63.1 Å². The van der Waals surface area contributed by atoms with E-state index in [9.17, 15) is 28.3 Å². The summed E-state index contributed by atoms with van der Waals surface area (Å²) in [6.45, 7) is 2.78. The van der Waals surface area contributed by atoms with Gasteiger partial charge >= 0.3 is 0 Å². The molecule has 0 radical (unpaired) electrons. The van der Waals surface area contributed by atoms with E-state index in [0.29, 0.717) is 12.8 Å². The summed E-state index contributed by atoms with van der Waals surface area (Å²) in [6.07, 6.45) is 4.05. The third-order valence-electron chi connectivity index (χ3n) is 7.18. The molecule has 34 heavy (non-hydrogen) atoms. The van der Waals surface area contributed by atoms with E-state index in [2.05, 4.69) is 5.32 Å². The molecule has 5 rings (SSSR count). The number of nitrogens with one attached hydrogen (secondary N) is 1. The maximum atomic E-state index is 14.3. The summed E-state index contributed by atoms with van der Waals surface area (Å²) in [7, 11) is 0. The van der Waals surface area contributed by atoms with Crippen molar-refractivity contribution in [2.45, 2.75) is 63.9 Å². The quantitative estimate of drug-likeness (QED) is 0.712. The number of carbonyl (C=O) groups is 2. The molecule has 1 saturated heterocycles. The van der Waals surface area contributed by atoms with Gasteiger partial charge in [0, 0.05) is 36.5 Å². The van der Waals surface area contributed by atoms with Crippen LogP contribution in [0.4, 0.5) is 8.78 Å². The Hall–Kier alpha value is -3.27. The summed E-state index contributed by atoms with van der Waals surface area (Å²) in [5.41, 5.74) is -1.20. The van der Waals surface area contributed by atoms with Gasteiger partial charge in [-0.15, -0.1) is 0 Å². The van der Waals surface area contributed by atoms with E-state index in [1.54, 1.807) is 4.90 Å². The zero-order chi connectivity index (χ0) is 24.1. The lowest BCUT2D eigenvalue weighted by atomic mass is 9.90. The van der Waals surface area contributed by atoms with Crippen LogP contribution in [0, 0.1) is 11.6 Å². The second-order valence-corrected chi connectivity index (χ2v) is 9.30. The van der Waals surface area contributed by atoms with Crippen LogP contribution in [0.1, 0.15) is 59.0 Å². The Morgan fingerprint density at radius 2 is 2.00 bits per heavy atom. The van der Waals surface area contributed by atoms with Gasteiger partial charge in [0.05, 0.1) is 6.54 Å². The van der Waals surface area contributed by atoms with Crippen LogP contribution in [-0.4, -0.2) is 56.1 Å². The lowest BCUT2D eigenvalue weighted by Crippen LogP contribution is -2.62. The van der Waals surface area contributed by atoms with Crippen LogP contribution in [0.3, 0.4) is 0 Å². The summed E-state index contributed by atoms with van der Waals surface area (Å²) < 4.78 is 29.1. The van der Waals surface area contributed by atoms with Gasteiger partial charge in [0.25, 0.3) is 11.8 Å². The SMILES string of the molecule is CC1CCNC2Cn3cc(C(=O)N(Cc4ccc(F)cc4F)C4CCC4)c(=O)c(O)c3C(=O)N12. The third-order valence-corrected chi connectivity index (χ3v) is 7.18. The number of nitrogens with zero attached hydrogens (tertiary/aromatic N) is 3. The zero-order valence-electron chi connectivity index (χ0n) is 18.8. The van der Waals surface area contributed by atoms with Gasteiger partial charge in [-0.05, 0) is 45.2 Å². The number of halogens is 2. The third kappa shape index (κ3) is 3.66. The number of aromatic hydroxyl groups is 1. The largest absolute Gasteiger partial charge is 0.503 e. The molecule has 8 nitrogen and oxygen atoms in total. The summed E-state index contributed by atoms with van der Waals surface area (Å²) in [4.78, 5) is 42.7. The van der Waals surface area contributed by atoms with E-state index in [1.165, 1.54) is 21.7 Å². The van der Waals surface area contributed by atoms with Gasteiger partial charge in [-0.2, -0.15) is 0 Å². The molecule has 3 aliphatic rings. The number of fused-ring (bicyclic) bond motifs is 2. The van der Waals surface area contributed by atoms with E-state index >= 15 is 0 Å². The van der Waals surface area contributed by atoms with E-state index in [-0.39, 0.29) is 48.2 Å². The second kappa shape index (κ2) is 8.50. The number of hydrogen-bond donors (Lipinski definition) is 2. The van der Waals surface area contributed by atoms with Crippen LogP contribution < -0.4 is 10.7 Å². The highest BCUT2D eigenvalue weighted by atomic mass is 19.1. The minimum atomic E-state index is -0.926. The molecule has 1 saturated carbocycles. The van der Waals surface area contributed by atoms with Crippen LogP contribution in [0.25, 0.3) is 0 Å². The van der Waals surface area contributed by atoms with Gasteiger partial charge in [-0.3, -0.25) is 19.7 Å². The molecule has 2 amide bonds. The normalized spacial score (nSPS) is 22.1. The van der Waals surface area contributed by atoms with Gasteiger partial charge in [0.15, 0.2) is 11.4 Å². The first-order valence-electron chi connectivity index (χ1n) is 11.5. The maximum Gasteiger partial charge on any atom is 0.276 e. The molecular formula is C24H26F2N4O4. The summed E-state index contributed by atoms with van der Waals surface area (Å²) in [6, 6.07) is 2.91. The zero-order valence-corrected chi connectivity index (χ0v) is 18.8. The first-order chi connectivity index (χ1) is 16.3. The van der Waals surface area contributed by atoms with E-state index in [1.807, 2.05) is 6.92 Å². The van der Waals surface area contributed by atoms with Crippen molar-refractivity contribution in [3.63, 3.8) is 0 Å². The number of rotatable bonds is 4. The number of carbonyl (C=O) groups excluding carboxylic acids is 2. The van der Waals surface area contributed by atoms with Crippen LogP contribution in [0.2, 0.25) is 0 Å². The van der Waals surface area contributed by atoms with Crippen molar-refractivity contribution in [2.24, 2.45) is 0 Å². The highest BCUT2D eigenvalue weighted by Crippen LogP contribution is 2.30. The average Bonchev–Trinajstić information content (AvgIpc) is 2.75. The predicted octanol–water partition coefficient (Wildman–Crippen LogP) is 2.19. The fourth-order valence-corrected chi connectivity index (χ4v) is 5.03. The summed E-state index contributed by atoms with van der Waals surface area (Å²) >= 11 is 0. The number of pyridine rings is 1. The van der Waals surface area contributed by atoms with Gasteiger partial charge < -0.3 is 19.5 Å². The Morgan fingerprint density at radius 1 is 1.24 bits per heavy atom. The van der Waals surface area contributed by atoms with E-state index < -0.39 is 34.6 Å². The molecular weight excluding hydrogens is 446 g/mol. The molecule has 0 bridgehead atoms. The Kier molecular flexibility index (Phi) is 5.63. The van der Waals surface area contributed by atoms with E-state index in [4.69, 9.17) is 0 Å². The molecule has 2 N–H and O–H groups in total. The Bertz CT molecular complexity index is 1230. The fourth-order valence-electron chi connectivity index (χ4n) is 5.03. The fraction of sp³-hybridized carbons (Fsp3) is 0.458. The van der Waals surface area contributed by atoms with Gasteiger partial charge in [-0.1, -0.05) is 6.07 Å². The molecule has 2 atom stereocenters. The first-order valence-corrected chi connectivity index (χ1v) is 11.5. The molecule has 2 aliphatic heterocycles. The molecule has 10 heteroatoms. The topological polar surface area (TPSA) is 94.9 Å². The minimum Gasteiger partial charge on any atom is -0.503 e. The Labute approximate surface area is 194 Å². The monoisotopic (exact) mass is 472 g/mol. The molecule has 0 spiro atoms. The minimum absolute atomic E-state index is 0.0528. The predicted molar refractivity (Wildman–Crippen MR) is 118 cm³/mol. The van der Waals surface area contributed by atoms with Crippen LogP contribution in [0.15, 0.2) is 29.2 Å². The molecule has 1 aromatic carbocycles. The smallest absolute Gasteiger partial charge is 0.276 e. The number of hydrogen-bond acceptors (Lipinski definition) is 5. The Morgan fingerprint density at radius 3 is 2.68 bits per heavy atom. The van der Waals surface area contributed by atoms with Gasteiger partial charge in [-0.25, -0.2) is 8.78 Å². The number of aromatic nitrogens is 1. The molecule has 2 unspecified atom stereocenters. The van der Waals surface area contributed by atoms with Crippen molar-refractivity contribution in [2.75, 3.05) is 6.54 Å². The summed E-state index contributed by atoms with van der Waals surface area (Å²) in [5.74, 6) is -3.36. The molecule has 180 valence electrons. The first kappa shape index (κ1) is 22.5. The molecule has 3 heterocycles. The highest BCUT2D eigenvalue weighted by molar-refractivity contribution is 5.99. The van der Waals surface area contributed by atoms with Crippen molar-refractivity contribution >= 4 is 11.8 Å². The van der Waals surface area contributed by atoms with Gasteiger partial charge in [0.2, 0.25) is 5.43 Å². The summed E-state index contributed by atoms with van der Waals surface area (Å²) in [5, 5.41) is 14.0. The van der Waals surface area contributed by atoms with Crippen LogP contribution >= 0.6 is 0 Å². The van der Waals surface area contributed by atoms with Crippen molar-refractivity contribution in [1.82, 2.24) is 19.7 Å². The van der Waals surface area contributed by atoms with Crippen molar-refractivity contribution in [1.29, 1.82) is 0 Å². The van der Waals surface area contributed by atoms with Gasteiger partial charge in [0.1, 0.15) is 23.4 Å². The van der Waals surface area contributed by atoms with Crippen molar-refractivity contribution in [3.8, 4) is 5.75 Å².